The van der Waals surface area contributed by atoms with Crippen molar-refractivity contribution in [1.82, 2.24) is 5.32 Å². The normalized spacial score (nSPS) is 13.2. The van der Waals surface area contributed by atoms with Gasteiger partial charge >= 0.3 is 0 Å². The van der Waals surface area contributed by atoms with Gasteiger partial charge in [0.2, 0.25) is 0 Å². The zero-order valence-corrected chi connectivity index (χ0v) is 13.5. The van der Waals surface area contributed by atoms with Gasteiger partial charge in [-0.3, -0.25) is 4.99 Å². The maximum absolute atomic E-state index is 5.60. The van der Waals surface area contributed by atoms with Crippen LogP contribution in [0.5, 0.6) is 5.75 Å². The number of nitrogens with one attached hydrogen (secondary N) is 1. The summed E-state index contributed by atoms with van der Waals surface area (Å²) in [6.07, 6.45) is 1.62. The monoisotopic (exact) mass is 293 g/mol. The highest BCUT2D eigenvalue weighted by Gasteiger charge is 2.21. The van der Waals surface area contributed by atoms with Crippen LogP contribution in [0, 0.1) is 0 Å². The summed E-state index contributed by atoms with van der Waals surface area (Å²) >= 11 is 1.56. The fourth-order valence-electron chi connectivity index (χ4n) is 1.48. The third kappa shape index (κ3) is 4.49. The van der Waals surface area contributed by atoms with E-state index < -0.39 is 0 Å². The molecule has 1 aromatic rings. The van der Waals surface area contributed by atoms with E-state index in [0.717, 1.165) is 21.4 Å². The van der Waals surface area contributed by atoms with Gasteiger partial charge in [-0.2, -0.15) is 0 Å². The Bertz CT molecular complexity index is 510. The van der Waals surface area contributed by atoms with Gasteiger partial charge in [-0.1, -0.05) is 17.8 Å². The summed E-state index contributed by atoms with van der Waals surface area (Å²) in [6, 6.07) is 7.89. The highest BCUT2D eigenvalue weighted by molar-refractivity contribution is 8.13. The second kappa shape index (κ2) is 7.24. The quantitative estimate of drug-likeness (QED) is 0.509. The third-order valence-corrected chi connectivity index (χ3v) is 4.08. The van der Waals surface area contributed by atoms with Crippen LogP contribution in [0.25, 0.3) is 0 Å². The van der Waals surface area contributed by atoms with E-state index in [-0.39, 0.29) is 5.54 Å². The Kier molecular flexibility index (Phi) is 5.95. The summed E-state index contributed by atoms with van der Waals surface area (Å²) in [5.41, 5.74) is 6.42. The van der Waals surface area contributed by atoms with Crippen LogP contribution >= 0.6 is 11.8 Å². The minimum absolute atomic E-state index is 0.241. The number of nitrogens with zero attached hydrogens (tertiary/aromatic N) is 1. The average molecular weight is 293 g/mol. The molecule has 0 bridgehead atoms. The van der Waals surface area contributed by atoms with E-state index in [9.17, 15) is 0 Å². The van der Waals surface area contributed by atoms with Crippen molar-refractivity contribution >= 4 is 16.9 Å². The van der Waals surface area contributed by atoms with Crippen LogP contribution < -0.4 is 15.8 Å². The number of amidine groups is 1. The molecule has 0 aromatic heterocycles. The second-order valence-corrected chi connectivity index (χ2v) is 5.97. The Morgan fingerprint density at radius 1 is 1.45 bits per heavy atom. The van der Waals surface area contributed by atoms with Gasteiger partial charge in [-0.25, -0.2) is 0 Å². The van der Waals surface area contributed by atoms with E-state index in [0.29, 0.717) is 0 Å². The topological polar surface area (TPSA) is 59.6 Å². The molecule has 0 aliphatic rings. The first-order valence-corrected chi connectivity index (χ1v) is 7.20. The zero-order chi connectivity index (χ0) is 15.2. The van der Waals surface area contributed by atoms with Gasteiger partial charge in [0.1, 0.15) is 5.75 Å². The van der Waals surface area contributed by atoms with Crippen LogP contribution in [0.2, 0.25) is 0 Å². The molecular formula is C15H23N3OS. The van der Waals surface area contributed by atoms with E-state index in [1.807, 2.05) is 31.2 Å². The van der Waals surface area contributed by atoms with Gasteiger partial charge in [0, 0.05) is 11.9 Å². The molecular weight excluding hydrogens is 270 g/mol. The summed E-state index contributed by atoms with van der Waals surface area (Å²) in [4.78, 5) is 5.37. The van der Waals surface area contributed by atoms with Crippen molar-refractivity contribution in [1.29, 1.82) is 0 Å². The van der Waals surface area contributed by atoms with Gasteiger partial charge in [0.05, 0.1) is 12.6 Å². The smallest absolute Gasteiger partial charge is 0.161 e. The number of aliphatic imine (C=N–C) groups is 1. The maximum atomic E-state index is 5.60. The molecule has 0 aliphatic heterocycles. The molecule has 0 spiro atoms. The molecule has 0 unspecified atom stereocenters. The molecule has 0 heterocycles. The van der Waals surface area contributed by atoms with E-state index in [2.05, 4.69) is 24.2 Å². The molecule has 0 atom stereocenters. The molecule has 0 fully saturated rings. The molecule has 0 saturated carbocycles. The van der Waals surface area contributed by atoms with Crippen LogP contribution in [-0.2, 0) is 0 Å². The largest absolute Gasteiger partial charge is 0.497 e. The Balaban J connectivity index is 2.83. The minimum Gasteiger partial charge on any atom is -0.497 e. The predicted molar refractivity (Wildman–Crippen MR) is 87.4 cm³/mol. The molecule has 0 radical (unpaired) electrons. The first-order chi connectivity index (χ1) is 9.42. The highest BCUT2D eigenvalue weighted by atomic mass is 32.2. The average Bonchev–Trinajstić information content (AvgIpc) is 2.45. The molecule has 0 amide bonds. The van der Waals surface area contributed by atoms with Crippen LogP contribution in [0.15, 0.2) is 45.9 Å². The van der Waals surface area contributed by atoms with Gasteiger partial charge in [-0.05, 0) is 50.7 Å². The van der Waals surface area contributed by atoms with E-state index in [1.54, 1.807) is 32.1 Å². The second-order valence-electron chi connectivity index (χ2n) is 4.91. The third-order valence-electron chi connectivity index (χ3n) is 3.11. The summed E-state index contributed by atoms with van der Waals surface area (Å²) in [5.74, 6) is 0.836. The van der Waals surface area contributed by atoms with Gasteiger partial charge in [0.15, 0.2) is 5.17 Å². The van der Waals surface area contributed by atoms with E-state index >= 15 is 0 Å². The van der Waals surface area contributed by atoms with Crippen molar-refractivity contribution in [2.45, 2.75) is 31.2 Å². The Morgan fingerprint density at radius 2 is 2.15 bits per heavy atom. The van der Waals surface area contributed by atoms with Crippen LogP contribution in [0.1, 0.15) is 20.8 Å². The van der Waals surface area contributed by atoms with Crippen molar-refractivity contribution in [3.05, 3.63) is 36.0 Å². The lowest BCUT2D eigenvalue weighted by atomic mass is 9.97. The maximum Gasteiger partial charge on any atom is 0.161 e. The number of methoxy groups -OCH3 is 1. The SMILES string of the molecule is CN=C(NC(C)(C)/C(C)=C\N)Sc1cccc(OC)c1. The summed E-state index contributed by atoms with van der Waals surface area (Å²) in [7, 11) is 3.43. The lowest BCUT2D eigenvalue weighted by Crippen LogP contribution is -2.43. The summed E-state index contributed by atoms with van der Waals surface area (Å²) in [5, 5.41) is 4.24. The van der Waals surface area contributed by atoms with Crippen LogP contribution in [-0.4, -0.2) is 24.9 Å². The molecule has 110 valence electrons. The number of hydrogen-bond donors (Lipinski definition) is 2. The first kappa shape index (κ1) is 16.4. The molecule has 3 N–H and O–H groups in total. The molecule has 5 heteroatoms. The molecule has 1 aromatic carbocycles. The highest BCUT2D eigenvalue weighted by Crippen LogP contribution is 2.25. The number of thioether (sulfide) groups is 1. The van der Waals surface area contributed by atoms with Crippen LogP contribution in [0.3, 0.4) is 0 Å². The first-order valence-electron chi connectivity index (χ1n) is 6.38. The fourth-order valence-corrected chi connectivity index (χ4v) is 2.42. The number of ether oxygens (including phenoxy) is 1. The summed E-state index contributed by atoms with van der Waals surface area (Å²) in [6.45, 7) is 6.14. The predicted octanol–water partition coefficient (Wildman–Crippen LogP) is 3.00. The number of nitrogens with two attached hydrogens (primary N) is 1. The van der Waals surface area contributed by atoms with Crippen molar-refractivity contribution < 1.29 is 4.74 Å². The van der Waals surface area contributed by atoms with Crippen molar-refractivity contribution in [3.8, 4) is 5.75 Å². The van der Waals surface area contributed by atoms with Crippen molar-refractivity contribution in [2.75, 3.05) is 14.2 Å². The van der Waals surface area contributed by atoms with Gasteiger partial charge in [0.25, 0.3) is 0 Å². The van der Waals surface area contributed by atoms with Crippen molar-refractivity contribution in [3.63, 3.8) is 0 Å². The summed E-state index contributed by atoms with van der Waals surface area (Å²) < 4.78 is 5.23. The number of benzene rings is 1. The number of hydrogen-bond acceptors (Lipinski definition) is 4. The van der Waals surface area contributed by atoms with E-state index in [1.165, 1.54) is 0 Å². The van der Waals surface area contributed by atoms with Crippen LogP contribution in [0.4, 0.5) is 0 Å². The molecule has 20 heavy (non-hydrogen) atoms. The Morgan fingerprint density at radius 3 is 2.70 bits per heavy atom. The fraction of sp³-hybridized carbons (Fsp3) is 0.400. The molecule has 0 aliphatic carbocycles. The zero-order valence-electron chi connectivity index (χ0n) is 12.7. The lowest BCUT2D eigenvalue weighted by Gasteiger charge is -2.28. The Labute approximate surface area is 125 Å². The van der Waals surface area contributed by atoms with Crippen molar-refractivity contribution in [2.24, 2.45) is 10.7 Å². The lowest BCUT2D eigenvalue weighted by molar-refractivity contribution is 0.413. The molecule has 4 nitrogen and oxygen atoms in total. The molecule has 0 saturated heterocycles. The molecule has 1 rings (SSSR count). The van der Waals surface area contributed by atoms with E-state index in [4.69, 9.17) is 10.5 Å². The standard InChI is InChI=1S/C15H23N3OS/c1-11(10-16)15(2,3)18-14(17-4)20-13-8-6-7-12(9-13)19-5/h6-10H,16H2,1-5H3,(H,17,18)/b11-10-. The minimum atomic E-state index is -0.241. The van der Waals surface area contributed by atoms with Gasteiger partial charge < -0.3 is 15.8 Å². The van der Waals surface area contributed by atoms with Gasteiger partial charge in [-0.15, -0.1) is 0 Å². The number of rotatable bonds is 4. The Hall–Kier alpha value is -1.62.